The van der Waals surface area contributed by atoms with Crippen LogP contribution in [0.4, 0.5) is 5.95 Å². The Hall–Kier alpha value is -1.73. The molecule has 1 fully saturated rings. The van der Waals surface area contributed by atoms with Gasteiger partial charge in [0.2, 0.25) is 11.9 Å². The van der Waals surface area contributed by atoms with Crippen molar-refractivity contribution in [3.63, 3.8) is 0 Å². The Bertz CT molecular complexity index is 602. The van der Waals surface area contributed by atoms with Gasteiger partial charge in [0.25, 0.3) is 0 Å². The van der Waals surface area contributed by atoms with Crippen molar-refractivity contribution in [2.24, 2.45) is 0 Å². The smallest absolute Gasteiger partial charge is 0.249 e. The number of hydrogen-bond acceptors (Lipinski definition) is 5. The molecule has 6 nitrogen and oxygen atoms in total. The molecule has 2 aromatic heterocycles. The summed E-state index contributed by atoms with van der Waals surface area (Å²) < 4.78 is 0. The molecule has 2 aromatic rings. The Kier molecular flexibility index (Phi) is 4.03. The number of aromatic amines is 1. The number of aromatic nitrogens is 3. The number of carbonyl (C=O) groups is 1. The Morgan fingerprint density at radius 1 is 1.43 bits per heavy atom. The van der Waals surface area contributed by atoms with Gasteiger partial charge in [-0.25, -0.2) is 0 Å². The molecule has 112 valence electrons. The summed E-state index contributed by atoms with van der Waals surface area (Å²) in [7, 11) is 0. The molecule has 0 bridgehead atoms. The van der Waals surface area contributed by atoms with E-state index in [0.717, 1.165) is 24.1 Å². The zero-order valence-corrected chi connectivity index (χ0v) is 12.4. The van der Waals surface area contributed by atoms with Crippen LogP contribution in [0.15, 0.2) is 17.5 Å². The van der Waals surface area contributed by atoms with E-state index in [2.05, 4.69) is 20.5 Å². The van der Waals surface area contributed by atoms with Crippen LogP contribution in [-0.2, 0) is 4.79 Å². The number of nitrogens with one attached hydrogen (secondary N) is 2. The van der Waals surface area contributed by atoms with E-state index in [1.807, 2.05) is 17.5 Å². The summed E-state index contributed by atoms with van der Waals surface area (Å²) in [6, 6.07) is 3.86. The Morgan fingerprint density at radius 3 is 2.95 bits per heavy atom. The Balaban J connectivity index is 1.60. The summed E-state index contributed by atoms with van der Waals surface area (Å²) in [6.45, 7) is 0. The molecule has 7 heteroatoms. The van der Waals surface area contributed by atoms with Crippen LogP contribution in [-0.4, -0.2) is 31.8 Å². The first kappa shape index (κ1) is 14.2. The largest absolute Gasteiger partial charge is 0.389 e. The van der Waals surface area contributed by atoms with Gasteiger partial charge in [-0.05, 0) is 24.3 Å². The minimum absolute atomic E-state index is 0.107. The molecule has 0 atom stereocenters. The summed E-state index contributed by atoms with van der Waals surface area (Å²) in [5.74, 6) is 0.649. The maximum Gasteiger partial charge on any atom is 0.249 e. The van der Waals surface area contributed by atoms with E-state index in [4.69, 9.17) is 0 Å². The highest BCUT2D eigenvalue weighted by Crippen LogP contribution is 2.31. The van der Waals surface area contributed by atoms with E-state index in [-0.39, 0.29) is 18.3 Å². The third-order valence-corrected chi connectivity index (χ3v) is 4.64. The van der Waals surface area contributed by atoms with E-state index in [1.54, 1.807) is 11.3 Å². The molecule has 2 heterocycles. The van der Waals surface area contributed by atoms with Crippen LogP contribution in [0.5, 0.6) is 0 Å². The molecule has 1 saturated carbocycles. The summed E-state index contributed by atoms with van der Waals surface area (Å²) in [5, 5.41) is 21.8. The molecule has 0 aromatic carbocycles. The Morgan fingerprint density at radius 2 is 2.24 bits per heavy atom. The van der Waals surface area contributed by atoms with Gasteiger partial charge in [0.15, 0.2) is 5.82 Å². The van der Waals surface area contributed by atoms with Gasteiger partial charge in [-0.3, -0.25) is 15.2 Å². The van der Waals surface area contributed by atoms with Gasteiger partial charge in [0.05, 0.1) is 16.9 Å². The maximum absolute atomic E-state index is 12.0. The van der Waals surface area contributed by atoms with E-state index >= 15 is 0 Å². The SMILES string of the molecule is O=C(CC1(O)CCCCC1)Nc1n[nH]c(-c2cccs2)n1. The van der Waals surface area contributed by atoms with Crippen LogP contribution in [0, 0.1) is 0 Å². The molecule has 0 radical (unpaired) electrons. The molecule has 0 aliphatic heterocycles. The first-order chi connectivity index (χ1) is 10.1. The molecule has 1 amide bonds. The fraction of sp³-hybridized carbons (Fsp3) is 0.500. The third kappa shape index (κ3) is 3.48. The van der Waals surface area contributed by atoms with Crippen molar-refractivity contribution >= 4 is 23.2 Å². The lowest BCUT2D eigenvalue weighted by Gasteiger charge is -2.31. The summed E-state index contributed by atoms with van der Waals surface area (Å²) >= 11 is 1.55. The Labute approximate surface area is 126 Å². The summed E-state index contributed by atoms with van der Waals surface area (Å²) in [6.07, 6.45) is 4.58. The molecule has 0 spiro atoms. The number of anilines is 1. The molecule has 21 heavy (non-hydrogen) atoms. The number of nitrogens with zero attached hydrogens (tertiary/aromatic N) is 2. The normalized spacial score (nSPS) is 17.6. The first-order valence-corrected chi connectivity index (χ1v) is 8.01. The molecule has 0 unspecified atom stereocenters. The predicted molar refractivity (Wildman–Crippen MR) is 81.0 cm³/mol. The van der Waals surface area contributed by atoms with Gasteiger partial charge in [0, 0.05) is 0 Å². The van der Waals surface area contributed by atoms with Gasteiger partial charge in [-0.15, -0.1) is 16.4 Å². The number of hydrogen-bond donors (Lipinski definition) is 3. The standard InChI is InChI=1S/C14H18N4O2S/c19-11(9-14(20)6-2-1-3-7-14)15-13-16-12(17-18-13)10-5-4-8-21-10/h4-5,8,20H,1-3,6-7,9H2,(H2,15,16,17,18,19). The number of thiophene rings is 1. The fourth-order valence-corrected chi connectivity index (χ4v) is 3.36. The van der Waals surface area contributed by atoms with Crippen LogP contribution >= 0.6 is 11.3 Å². The molecular weight excluding hydrogens is 288 g/mol. The monoisotopic (exact) mass is 306 g/mol. The molecule has 1 aliphatic rings. The van der Waals surface area contributed by atoms with Crippen LogP contribution in [0.1, 0.15) is 38.5 Å². The van der Waals surface area contributed by atoms with Crippen molar-refractivity contribution in [3.05, 3.63) is 17.5 Å². The summed E-state index contributed by atoms with van der Waals surface area (Å²) in [5.41, 5.74) is -0.866. The highest BCUT2D eigenvalue weighted by atomic mass is 32.1. The van der Waals surface area contributed by atoms with Crippen molar-refractivity contribution in [2.75, 3.05) is 5.32 Å². The lowest BCUT2D eigenvalue weighted by molar-refractivity contribution is -0.122. The highest BCUT2D eigenvalue weighted by Gasteiger charge is 2.31. The predicted octanol–water partition coefficient (Wildman–Crippen LogP) is 2.56. The summed E-state index contributed by atoms with van der Waals surface area (Å²) in [4.78, 5) is 17.2. The highest BCUT2D eigenvalue weighted by molar-refractivity contribution is 7.13. The molecule has 1 aliphatic carbocycles. The number of carbonyl (C=O) groups excluding carboxylic acids is 1. The van der Waals surface area contributed by atoms with Crippen LogP contribution in [0.25, 0.3) is 10.7 Å². The topological polar surface area (TPSA) is 90.9 Å². The maximum atomic E-state index is 12.0. The second-order valence-electron chi connectivity index (χ2n) is 5.49. The second-order valence-corrected chi connectivity index (χ2v) is 6.44. The molecule has 0 saturated heterocycles. The fourth-order valence-electron chi connectivity index (χ4n) is 2.70. The van der Waals surface area contributed by atoms with Crippen molar-refractivity contribution in [1.82, 2.24) is 15.2 Å². The lowest BCUT2D eigenvalue weighted by Crippen LogP contribution is -2.36. The molecule has 3 rings (SSSR count). The number of rotatable bonds is 4. The van der Waals surface area contributed by atoms with Gasteiger partial charge in [-0.1, -0.05) is 25.3 Å². The van der Waals surface area contributed by atoms with E-state index < -0.39 is 5.60 Å². The average molecular weight is 306 g/mol. The second kappa shape index (κ2) is 5.95. The quantitative estimate of drug-likeness (QED) is 0.809. The van der Waals surface area contributed by atoms with Crippen LogP contribution < -0.4 is 5.32 Å². The van der Waals surface area contributed by atoms with Gasteiger partial charge >= 0.3 is 0 Å². The van der Waals surface area contributed by atoms with E-state index in [9.17, 15) is 9.90 Å². The van der Waals surface area contributed by atoms with Crippen molar-refractivity contribution < 1.29 is 9.90 Å². The van der Waals surface area contributed by atoms with Crippen molar-refractivity contribution in [1.29, 1.82) is 0 Å². The molecular formula is C14H18N4O2S. The van der Waals surface area contributed by atoms with Crippen molar-refractivity contribution in [3.8, 4) is 10.7 Å². The first-order valence-electron chi connectivity index (χ1n) is 7.13. The van der Waals surface area contributed by atoms with Gasteiger partial charge in [-0.2, -0.15) is 4.98 Å². The lowest BCUT2D eigenvalue weighted by atomic mass is 9.82. The number of H-pyrrole nitrogens is 1. The van der Waals surface area contributed by atoms with E-state index in [0.29, 0.717) is 18.7 Å². The van der Waals surface area contributed by atoms with Crippen LogP contribution in [0.3, 0.4) is 0 Å². The minimum atomic E-state index is -0.866. The van der Waals surface area contributed by atoms with Crippen LogP contribution in [0.2, 0.25) is 0 Å². The number of aliphatic hydroxyl groups is 1. The average Bonchev–Trinajstić information content (AvgIpc) is 3.08. The minimum Gasteiger partial charge on any atom is -0.389 e. The van der Waals surface area contributed by atoms with E-state index in [1.165, 1.54) is 0 Å². The van der Waals surface area contributed by atoms with Crippen molar-refractivity contribution in [2.45, 2.75) is 44.1 Å². The molecule has 3 N–H and O–H groups in total. The zero-order valence-electron chi connectivity index (χ0n) is 11.6. The third-order valence-electron chi connectivity index (χ3n) is 3.77. The number of amides is 1. The zero-order chi connectivity index (χ0) is 14.7. The van der Waals surface area contributed by atoms with Gasteiger partial charge in [0.1, 0.15) is 0 Å². The van der Waals surface area contributed by atoms with Gasteiger partial charge < -0.3 is 5.11 Å².